The Bertz CT molecular complexity index is 461. The molecule has 0 spiro atoms. The molecule has 2 N–H and O–H groups in total. The van der Waals surface area contributed by atoms with E-state index in [1.807, 2.05) is 0 Å². The summed E-state index contributed by atoms with van der Waals surface area (Å²) in [5.74, 6) is 0. The van der Waals surface area contributed by atoms with Gasteiger partial charge in [0.2, 0.25) is 0 Å². The average molecular weight is 333 g/mol. The molecule has 1 unspecified atom stereocenters. The second-order valence-electron chi connectivity index (χ2n) is 6.06. The first kappa shape index (κ1) is 19.9. The maximum Gasteiger partial charge on any atom is 0.412 e. The number of nitrogens with one attached hydrogen (secondary N) is 1. The van der Waals surface area contributed by atoms with E-state index in [1.54, 1.807) is 13.0 Å². The largest absolute Gasteiger partial charge is 0.412 e. The summed E-state index contributed by atoms with van der Waals surface area (Å²) in [6.45, 7) is 6.59. The summed E-state index contributed by atoms with van der Waals surface area (Å²) in [6.07, 6.45) is 2.18. The van der Waals surface area contributed by atoms with Crippen molar-refractivity contribution in [3.05, 3.63) is 35.5 Å². The number of ether oxygens (including phenoxy) is 1. The molecular weight excluding hydrogens is 307 g/mol. The van der Waals surface area contributed by atoms with Crippen molar-refractivity contribution in [3.63, 3.8) is 0 Å². The number of aliphatic hydroxyl groups excluding tert-OH is 1. The van der Waals surface area contributed by atoms with Crippen LogP contribution in [0.25, 0.3) is 0 Å². The number of hydrogen-bond donors (Lipinski definition) is 2. The first-order valence-corrected chi connectivity index (χ1v) is 7.77. The molecule has 0 aromatic rings. The fourth-order valence-electron chi connectivity index (χ4n) is 2.26. The molecule has 1 saturated heterocycles. The van der Waals surface area contributed by atoms with E-state index in [9.17, 15) is 18.3 Å². The molecule has 1 atom stereocenters. The molecule has 3 nitrogen and oxygen atoms in total. The molecule has 6 heteroatoms. The molecule has 132 valence electrons. The number of hydrogen-bond acceptors (Lipinski definition) is 3. The van der Waals surface area contributed by atoms with Gasteiger partial charge in [-0.25, -0.2) is 0 Å². The van der Waals surface area contributed by atoms with Crippen LogP contribution in [0.5, 0.6) is 0 Å². The molecule has 1 fully saturated rings. The minimum Gasteiger partial charge on any atom is -0.387 e. The lowest BCUT2D eigenvalue weighted by Gasteiger charge is -2.35. The summed E-state index contributed by atoms with van der Waals surface area (Å²) in [7, 11) is 0. The van der Waals surface area contributed by atoms with Gasteiger partial charge >= 0.3 is 6.18 Å². The van der Waals surface area contributed by atoms with Crippen LogP contribution < -0.4 is 5.32 Å². The van der Waals surface area contributed by atoms with Crippen molar-refractivity contribution < 1.29 is 23.0 Å². The Kier molecular flexibility index (Phi) is 7.51. The average Bonchev–Trinajstić information content (AvgIpc) is 2.49. The van der Waals surface area contributed by atoms with Crippen LogP contribution in [-0.4, -0.2) is 42.7 Å². The van der Waals surface area contributed by atoms with Crippen molar-refractivity contribution in [3.8, 4) is 0 Å². The molecule has 0 aromatic heterocycles. The molecule has 1 heterocycles. The highest BCUT2D eigenvalue weighted by atomic mass is 19.4. The SMILES string of the molecule is C\C=C(/C=C\C=C(/C)C(F)(F)F)C(O)CNC1(C)CCOCC1. The highest BCUT2D eigenvalue weighted by molar-refractivity contribution is 5.27. The smallest absolute Gasteiger partial charge is 0.387 e. The molecule has 1 rings (SSSR count). The lowest BCUT2D eigenvalue weighted by atomic mass is 9.92. The van der Waals surface area contributed by atoms with Crippen LogP contribution in [-0.2, 0) is 4.74 Å². The van der Waals surface area contributed by atoms with E-state index in [4.69, 9.17) is 4.74 Å². The molecule has 0 radical (unpaired) electrons. The highest BCUT2D eigenvalue weighted by Gasteiger charge is 2.29. The van der Waals surface area contributed by atoms with Crippen molar-refractivity contribution >= 4 is 0 Å². The lowest BCUT2D eigenvalue weighted by Crippen LogP contribution is -2.49. The number of rotatable bonds is 6. The molecule has 0 aromatic carbocycles. The van der Waals surface area contributed by atoms with Gasteiger partial charge in [0.1, 0.15) is 0 Å². The first-order chi connectivity index (χ1) is 10.7. The third-order valence-corrected chi connectivity index (χ3v) is 4.12. The molecule has 0 saturated carbocycles. The predicted molar refractivity (Wildman–Crippen MR) is 85.2 cm³/mol. The Balaban J connectivity index is 2.57. The summed E-state index contributed by atoms with van der Waals surface area (Å²) in [6, 6.07) is 0. The van der Waals surface area contributed by atoms with Crippen LogP contribution in [0, 0.1) is 0 Å². The van der Waals surface area contributed by atoms with Gasteiger partial charge in [-0.05, 0) is 39.2 Å². The second-order valence-corrected chi connectivity index (χ2v) is 6.06. The van der Waals surface area contributed by atoms with Gasteiger partial charge in [0.15, 0.2) is 0 Å². The van der Waals surface area contributed by atoms with Crippen LogP contribution in [0.2, 0.25) is 0 Å². The van der Waals surface area contributed by atoms with Crippen molar-refractivity contribution in [2.75, 3.05) is 19.8 Å². The quantitative estimate of drug-likeness (QED) is 0.731. The van der Waals surface area contributed by atoms with Crippen molar-refractivity contribution in [2.24, 2.45) is 0 Å². The Morgan fingerprint density at radius 2 is 1.96 bits per heavy atom. The Hall–Kier alpha value is -1.11. The number of halogens is 3. The zero-order chi connectivity index (χ0) is 17.5. The number of allylic oxidation sites excluding steroid dienone is 4. The van der Waals surface area contributed by atoms with Gasteiger partial charge in [-0.2, -0.15) is 13.2 Å². The third-order valence-electron chi connectivity index (χ3n) is 4.12. The molecular formula is C17H26F3NO2. The number of aliphatic hydroxyl groups is 1. The fourth-order valence-corrected chi connectivity index (χ4v) is 2.26. The predicted octanol–water partition coefficient (Wildman–Crippen LogP) is 3.52. The molecule has 1 aliphatic heterocycles. The van der Waals surface area contributed by atoms with Crippen molar-refractivity contribution in [1.29, 1.82) is 0 Å². The van der Waals surface area contributed by atoms with Crippen molar-refractivity contribution in [1.82, 2.24) is 5.32 Å². The third kappa shape index (κ3) is 6.89. The van der Waals surface area contributed by atoms with E-state index >= 15 is 0 Å². The normalized spacial score (nSPS) is 21.7. The van der Waals surface area contributed by atoms with Gasteiger partial charge in [0.25, 0.3) is 0 Å². The highest BCUT2D eigenvalue weighted by Crippen LogP contribution is 2.25. The van der Waals surface area contributed by atoms with Gasteiger partial charge in [-0.1, -0.05) is 24.3 Å². The zero-order valence-electron chi connectivity index (χ0n) is 13.9. The summed E-state index contributed by atoms with van der Waals surface area (Å²) in [5.41, 5.74) is -0.167. The summed E-state index contributed by atoms with van der Waals surface area (Å²) in [4.78, 5) is 0. The molecule has 0 amide bonds. The summed E-state index contributed by atoms with van der Waals surface area (Å²) >= 11 is 0. The van der Waals surface area contributed by atoms with E-state index in [0.29, 0.717) is 25.3 Å². The van der Waals surface area contributed by atoms with Crippen LogP contribution in [0.15, 0.2) is 35.5 Å². The zero-order valence-corrected chi connectivity index (χ0v) is 13.9. The summed E-state index contributed by atoms with van der Waals surface area (Å²) < 4.78 is 42.5. The standard InChI is InChI=1S/C17H26F3NO2/c1-4-14(7-5-6-13(2)17(18,19)20)15(22)12-21-16(3)8-10-23-11-9-16/h4-7,15,21-22H,8-12H2,1-3H3/b7-5-,13-6+,14-4+. The van der Waals surface area contributed by atoms with E-state index < -0.39 is 17.9 Å². The Morgan fingerprint density at radius 1 is 1.35 bits per heavy atom. The van der Waals surface area contributed by atoms with E-state index in [0.717, 1.165) is 25.8 Å². The Morgan fingerprint density at radius 3 is 2.48 bits per heavy atom. The molecule has 0 aliphatic carbocycles. The number of β-amino-alcohol motifs (C(OH)–C–C–N with tert-alkyl or cyclic N) is 1. The van der Waals surface area contributed by atoms with Gasteiger partial charge in [0.05, 0.1) is 6.10 Å². The van der Waals surface area contributed by atoms with Crippen LogP contribution >= 0.6 is 0 Å². The van der Waals surface area contributed by atoms with Gasteiger partial charge in [-0.15, -0.1) is 0 Å². The molecule has 23 heavy (non-hydrogen) atoms. The van der Waals surface area contributed by atoms with Gasteiger partial charge < -0.3 is 15.2 Å². The number of alkyl halides is 3. The molecule has 1 aliphatic rings. The minimum absolute atomic E-state index is 0.0748. The van der Waals surface area contributed by atoms with Crippen molar-refractivity contribution in [2.45, 2.75) is 51.4 Å². The maximum atomic E-state index is 12.4. The van der Waals surface area contributed by atoms with E-state index in [-0.39, 0.29) is 5.54 Å². The maximum absolute atomic E-state index is 12.4. The van der Waals surface area contributed by atoms with E-state index in [2.05, 4.69) is 12.2 Å². The topological polar surface area (TPSA) is 41.5 Å². The van der Waals surface area contributed by atoms with E-state index in [1.165, 1.54) is 12.2 Å². The molecule has 0 bridgehead atoms. The lowest BCUT2D eigenvalue weighted by molar-refractivity contribution is -0.0912. The van der Waals surface area contributed by atoms with Crippen LogP contribution in [0.4, 0.5) is 13.2 Å². The second kappa shape index (κ2) is 8.66. The Labute approximate surface area is 135 Å². The monoisotopic (exact) mass is 333 g/mol. The first-order valence-electron chi connectivity index (χ1n) is 7.77. The van der Waals surface area contributed by atoms with Crippen LogP contribution in [0.1, 0.15) is 33.6 Å². The van der Waals surface area contributed by atoms with Gasteiger partial charge in [-0.3, -0.25) is 0 Å². The fraction of sp³-hybridized carbons (Fsp3) is 0.647. The van der Waals surface area contributed by atoms with Gasteiger partial charge in [0, 0.05) is 30.9 Å². The minimum atomic E-state index is -4.32. The van der Waals surface area contributed by atoms with Crippen LogP contribution in [0.3, 0.4) is 0 Å². The summed E-state index contributed by atoms with van der Waals surface area (Å²) in [5, 5.41) is 13.6.